The van der Waals surface area contributed by atoms with Crippen molar-refractivity contribution in [1.82, 2.24) is 5.32 Å². The van der Waals surface area contributed by atoms with Crippen LogP contribution in [0.2, 0.25) is 5.02 Å². The highest BCUT2D eigenvalue weighted by Gasteiger charge is 2.18. The smallest absolute Gasteiger partial charge is 0.261 e. The summed E-state index contributed by atoms with van der Waals surface area (Å²) in [6, 6.07) is 11.5. The van der Waals surface area contributed by atoms with Crippen LogP contribution < -0.4 is 10.1 Å². The van der Waals surface area contributed by atoms with Gasteiger partial charge in [-0.3, -0.25) is 4.79 Å². The highest BCUT2D eigenvalue weighted by Crippen LogP contribution is 2.22. The van der Waals surface area contributed by atoms with Crippen LogP contribution in [0.25, 0.3) is 0 Å². The molecule has 0 fully saturated rings. The summed E-state index contributed by atoms with van der Waals surface area (Å²) >= 11 is 6.01. The van der Waals surface area contributed by atoms with Crippen LogP contribution in [0.15, 0.2) is 36.4 Å². The summed E-state index contributed by atoms with van der Waals surface area (Å²) in [5.74, 6) is 0.492. The second kappa shape index (κ2) is 7.71. The average molecular weight is 346 g/mol. The van der Waals surface area contributed by atoms with Crippen LogP contribution in [0.5, 0.6) is 5.75 Å². The molecule has 0 saturated carbocycles. The molecule has 3 nitrogen and oxygen atoms in total. The zero-order valence-electron chi connectivity index (χ0n) is 14.8. The first-order valence-electron chi connectivity index (χ1n) is 8.08. The lowest BCUT2D eigenvalue weighted by Gasteiger charge is -2.20. The van der Waals surface area contributed by atoms with Crippen molar-refractivity contribution in [2.75, 3.05) is 0 Å². The Labute approximate surface area is 149 Å². The van der Waals surface area contributed by atoms with Crippen LogP contribution in [0.4, 0.5) is 0 Å². The predicted octanol–water partition coefficient (Wildman–Crippen LogP) is 4.91. The number of carbonyl (C=O) groups is 1. The maximum Gasteiger partial charge on any atom is 0.261 e. The van der Waals surface area contributed by atoms with Gasteiger partial charge in [0.2, 0.25) is 0 Å². The molecule has 0 bridgehead atoms. The summed E-state index contributed by atoms with van der Waals surface area (Å²) in [4.78, 5) is 12.4. The van der Waals surface area contributed by atoms with Gasteiger partial charge in [0.05, 0.1) is 6.04 Å². The van der Waals surface area contributed by atoms with E-state index in [2.05, 4.69) is 31.3 Å². The molecule has 0 aliphatic heterocycles. The minimum Gasteiger partial charge on any atom is -0.481 e. The number of hydrogen-bond acceptors (Lipinski definition) is 2. The molecule has 1 amide bonds. The number of benzene rings is 2. The van der Waals surface area contributed by atoms with E-state index < -0.39 is 6.10 Å². The molecule has 1 N–H and O–H groups in total. The number of carbonyl (C=O) groups excluding carboxylic acids is 1. The van der Waals surface area contributed by atoms with Gasteiger partial charge in [0.25, 0.3) is 5.91 Å². The molecule has 0 heterocycles. The molecule has 128 valence electrons. The van der Waals surface area contributed by atoms with Gasteiger partial charge in [-0.15, -0.1) is 0 Å². The number of aryl methyl sites for hydroxylation is 3. The van der Waals surface area contributed by atoms with Gasteiger partial charge >= 0.3 is 0 Å². The number of ether oxygens (including phenoxy) is 1. The van der Waals surface area contributed by atoms with Crippen molar-refractivity contribution in [3.05, 3.63) is 63.7 Å². The Hall–Kier alpha value is -2.00. The normalized spacial score (nSPS) is 13.2. The largest absolute Gasteiger partial charge is 0.481 e. The van der Waals surface area contributed by atoms with Crippen molar-refractivity contribution in [2.24, 2.45) is 0 Å². The molecule has 2 atom stereocenters. The van der Waals surface area contributed by atoms with Gasteiger partial charge in [0.1, 0.15) is 5.75 Å². The van der Waals surface area contributed by atoms with Crippen molar-refractivity contribution in [2.45, 2.75) is 46.8 Å². The fourth-order valence-electron chi connectivity index (χ4n) is 2.40. The second-order valence-electron chi connectivity index (χ2n) is 6.25. The first-order chi connectivity index (χ1) is 11.3. The fourth-order valence-corrected chi connectivity index (χ4v) is 2.51. The minimum atomic E-state index is -0.584. The summed E-state index contributed by atoms with van der Waals surface area (Å²) in [6.07, 6.45) is -0.584. The molecule has 0 spiro atoms. The number of halogens is 1. The lowest BCUT2D eigenvalue weighted by Crippen LogP contribution is -2.37. The quantitative estimate of drug-likeness (QED) is 0.836. The molecular formula is C20H24ClNO2. The van der Waals surface area contributed by atoms with Crippen molar-refractivity contribution >= 4 is 17.5 Å². The van der Waals surface area contributed by atoms with Gasteiger partial charge < -0.3 is 10.1 Å². The lowest BCUT2D eigenvalue weighted by molar-refractivity contribution is -0.127. The third-order valence-corrected chi connectivity index (χ3v) is 4.63. The summed E-state index contributed by atoms with van der Waals surface area (Å²) in [6.45, 7) is 9.77. The molecule has 2 rings (SSSR count). The molecule has 4 heteroatoms. The molecule has 0 radical (unpaired) electrons. The Kier molecular flexibility index (Phi) is 5.89. The second-order valence-corrected chi connectivity index (χ2v) is 6.65. The van der Waals surface area contributed by atoms with Crippen LogP contribution in [0.3, 0.4) is 0 Å². The van der Waals surface area contributed by atoms with E-state index in [4.69, 9.17) is 16.3 Å². The molecule has 0 unspecified atom stereocenters. The summed E-state index contributed by atoms with van der Waals surface area (Å²) < 4.78 is 5.72. The third-order valence-electron chi connectivity index (χ3n) is 4.20. The third kappa shape index (κ3) is 4.51. The van der Waals surface area contributed by atoms with Gasteiger partial charge in [-0.25, -0.2) is 0 Å². The maximum atomic E-state index is 12.4. The standard InChI is InChI=1S/C20H24ClNO2/c1-12-6-7-17(10-13(12)2)15(4)22-20(23)16(5)24-18-8-9-19(21)14(3)11-18/h6-11,15-16H,1-5H3,(H,22,23)/t15-,16+/m0/s1. The molecule has 0 aliphatic rings. The SMILES string of the molecule is Cc1ccc([C@H](C)NC(=O)[C@@H](C)Oc2ccc(Cl)c(C)c2)cc1C. The van der Waals surface area contributed by atoms with Crippen LogP contribution in [0.1, 0.15) is 42.1 Å². The summed E-state index contributed by atoms with van der Waals surface area (Å²) in [5, 5.41) is 3.68. The van der Waals surface area contributed by atoms with Crippen molar-refractivity contribution in [3.8, 4) is 5.75 Å². The Morgan fingerprint density at radius 3 is 2.33 bits per heavy atom. The van der Waals surface area contributed by atoms with Crippen molar-refractivity contribution < 1.29 is 9.53 Å². The zero-order valence-corrected chi connectivity index (χ0v) is 15.6. The van der Waals surface area contributed by atoms with E-state index in [9.17, 15) is 4.79 Å². The van der Waals surface area contributed by atoms with Gasteiger partial charge in [-0.1, -0.05) is 29.8 Å². The van der Waals surface area contributed by atoms with Crippen LogP contribution in [-0.4, -0.2) is 12.0 Å². The van der Waals surface area contributed by atoms with E-state index in [1.165, 1.54) is 11.1 Å². The molecule has 2 aromatic carbocycles. The van der Waals surface area contributed by atoms with E-state index >= 15 is 0 Å². The highest BCUT2D eigenvalue weighted by molar-refractivity contribution is 6.31. The van der Waals surface area contributed by atoms with Crippen molar-refractivity contribution in [3.63, 3.8) is 0 Å². The molecular weight excluding hydrogens is 322 g/mol. The first kappa shape index (κ1) is 18.3. The average Bonchev–Trinajstić information content (AvgIpc) is 2.53. The molecule has 0 saturated heterocycles. The monoisotopic (exact) mass is 345 g/mol. The highest BCUT2D eigenvalue weighted by atomic mass is 35.5. The van der Waals surface area contributed by atoms with Crippen LogP contribution >= 0.6 is 11.6 Å². The lowest BCUT2D eigenvalue weighted by atomic mass is 10.0. The summed E-state index contributed by atoms with van der Waals surface area (Å²) in [7, 11) is 0. The van der Waals surface area contributed by atoms with Gasteiger partial charge in [-0.05, 0) is 75.1 Å². The van der Waals surface area contributed by atoms with Gasteiger partial charge in [0, 0.05) is 5.02 Å². The molecule has 0 aliphatic carbocycles. The van der Waals surface area contributed by atoms with Gasteiger partial charge in [-0.2, -0.15) is 0 Å². The first-order valence-corrected chi connectivity index (χ1v) is 8.46. The van der Waals surface area contributed by atoms with Gasteiger partial charge in [0.15, 0.2) is 6.10 Å². The molecule has 2 aromatic rings. The number of rotatable bonds is 5. The Morgan fingerprint density at radius 2 is 1.71 bits per heavy atom. The number of amides is 1. The van der Waals surface area contributed by atoms with E-state index in [-0.39, 0.29) is 11.9 Å². The molecule has 24 heavy (non-hydrogen) atoms. The predicted molar refractivity (Wildman–Crippen MR) is 98.8 cm³/mol. The number of hydrogen-bond donors (Lipinski definition) is 1. The Bertz CT molecular complexity index is 742. The maximum absolute atomic E-state index is 12.4. The Morgan fingerprint density at radius 1 is 1.00 bits per heavy atom. The van der Waals surface area contributed by atoms with Crippen LogP contribution in [0, 0.1) is 20.8 Å². The van der Waals surface area contributed by atoms with E-state index in [1.54, 1.807) is 19.1 Å². The summed E-state index contributed by atoms with van der Waals surface area (Å²) in [5.41, 5.74) is 4.47. The Balaban J connectivity index is 1.99. The number of nitrogens with one attached hydrogen (secondary N) is 1. The molecule has 0 aromatic heterocycles. The topological polar surface area (TPSA) is 38.3 Å². The minimum absolute atomic E-state index is 0.0743. The van der Waals surface area contributed by atoms with Crippen molar-refractivity contribution in [1.29, 1.82) is 0 Å². The fraction of sp³-hybridized carbons (Fsp3) is 0.350. The zero-order chi connectivity index (χ0) is 17.9. The van der Waals surface area contributed by atoms with E-state index in [0.717, 1.165) is 11.1 Å². The van der Waals surface area contributed by atoms with E-state index in [0.29, 0.717) is 10.8 Å². The van der Waals surface area contributed by atoms with Crippen LogP contribution in [-0.2, 0) is 4.79 Å². The van der Waals surface area contributed by atoms with E-state index in [1.807, 2.05) is 26.0 Å².